The minimum absolute atomic E-state index is 0.289. The molecule has 0 atom stereocenters. The van der Waals surface area contributed by atoms with Crippen LogP contribution in [0, 0.1) is 6.92 Å². The monoisotopic (exact) mass is 424 g/mol. The van der Waals surface area contributed by atoms with Crippen molar-refractivity contribution in [2.75, 3.05) is 43.4 Å². The van der Waals surface area contributed by atoms with Gasteiger partial charge >= 0.3 is 0 Å². The van der Waals surface area contributed by atoms with Crippen LogP contribution in [0.1, 0.15) is 16.1 Å². The molecule has 0 saturated carbocycles. The molecule has 1 aliphatic rings. The number of anilines is 2. The van der Waals surface area contributed by atoms with Crippen LogP contribution in [0.25, 0.3) is 11.4 Å². The number of aryl methyl sites for hydroxylation is 1. The zero-order valence-corrected chi connectivity index (χ0v) is 17.6. The van der Waals surface area contributed by atoms with Crippen LogP contribution in [0.4, 0.5) is 11.4 Å². The van der Waals surface area contributed by atoms with Gasteiger partial charge in [-0.15, -0.1) is 0 Å². The molecular weight excluding hydrogens is 400 g/mol. The zero-order valence-electron chi connectivity index (χ0n) is 17.6. The standard InChI is InChI=1S/C21H24N6O4/c1-13-8-14(10-16(9-13)27-6-4-25(2)5-7-27)19-24-17(18(28)21(30)26(19)3)20(29)23-15-11-22-31-12-15/h8-12,28H,4-7H2,1-3H3,(H,23,29). The van der Waals surface area contributed by atoms with Crippen LogP contribution in [0.5, 0.6) is 5.75 Å². The lowest BCUT2D eigenvalue weighted by Crippen LogP contribution is -2.44. The van der Waals surface area contributed by atoms with Crippen molar-refractivity contribution in [1.82, 2.24) is 19.6 Å². The molecule has 1 saturated heterocycles. The molecule has 0 bridgehead atoms. The minimum atomic E-state index is -0.730. The van der Waals surface area contributed by atoms with Crippen molar-refractivity contribution in [3.05, 3.63) is 52.3 Å². The first-order valence-electron chi connectivity index (χ1n) is 9.90. The summed E-state index contributed by atoms with van der Waals surface area (Å²) in [7, 11) is 3.62. The summed E-state index contributed by atoms with van der Waals surface area (Å²) < 4.78 is 5.93. The van der Waals surface area contributed by atoms with E-state index in [-0.39, 0.29) is 11.5 Å². The molecule has 4 rings (SSSR count). The van der Waals surface area contributed by atoms with E-state index in [1.165, 1.54) is 24.1 Å². The molecule has 3 aromatic rings. The second kappa shape index (κ2) is 8.23. The Morgan fingerprint density at radius 2 is 1.90 bits per heavy atom. The summed E-state index contributed by atoms with van der Waals surface area (Å²) in [6.45, 7) is 5.70. The summed E-state index contributed by atoms with van der Waals surface area (Å²) in [6.07, 6.45) is 2.54. The Bertz CT molecular complexity index is 1160. The molecule has 162 valence electrons. The highest BCUT2D eigenvalue weighted by molar-refractivity contribution is 6.04. The normalized spacial score (nSPS) is 14.6. The van der Waals surface area contributed by atoms with Crippen molar-refractivity contribution < 1.29 is 14.4 Å². The topological polar surface area (TPSA) is 117 Å². The number of nitrogens with one attached hydrogen (secondary N) is 1. The largest absolute Gasteiger partial charge is 0.501 e. The van der Waals surface area contributed by atoms with E-state index >= 15 is 0 Å². The summed E-state index contributed by atoms with van der Waals surface area (Å²) in [6, 6.07) is 5.95. The Kier molecular flexibility index (Phi) is 5.47. The fraction of sp³-hybridized carbons (Fsp3) is 0.333. The summed E-state index contributed by atoms with van der Waals surface area (Å²) in [5.74, 6) is -1.16. The average Bonchev–Trinajstić information content (AvgIpc) is 3.25. The predicted molar refractivity (Wildman–Crippen MR) is 115 cm³/mol. The highest BCUT2D eigenvalue weighted by Crippen LogP contribution is 2.27. The molecule has 2 N–H and O–H groups in total. The van der Waals surface area contributed by atoms with Gasteiger partial charge in [-0.25, -0.2) is 4.98 Å². The van der Waals surface area contributed by atoms with Gasteiger partial charge in [0, 0.05) is 44.5 Å². The highest BCUT2D eigenvalue weighted by atomic mass is 16.5. The number of amides is 1. The number of aromatic nitrogens is 3. The molecule has 1 aliphatic heterocycles. The molecule has 10 nitrogen and oxygen atoms in total. The lowest BCUT2D eigenvalue weighted by Gasteiger charge is -2.34. The molecule has 3 heterocycles. The third-order valence-electron chi connectivity index (χ3n) is 5.36. The Labute approximate surface area is 178 Å². The maximum absolute atomic E-state index is 12.6. The van der Waals surface area contributed by atoms with Crippen molar-refractivity contribution >= 4 is 17.3 Å². The Hall–Kier alpha value is -3.66. The van der Waals surface area contributed by atoms with E-state index in [4.69, 9.17) is 0 Å². The number of aromatic hydroxyl groups is 1. The van der Waals surface area contributed by atoms with Crippen LogP contribution < -0.4 is 15.8 Å². The summed E-state index contributed by atoms with van der Waals surface area (Å²) in [5.41, 5.74) is 1.95. The lowest BCUT2D eigenvalue weighted by atomic mass is 10.1. The van der Waals surface area contributed by atoms with Crippen LogP contribution in [-0.2, 0) is 7.05 Å². The van der Waals surface area contributed by atoms with E-state index in [2.05, 4.69) is 42.9 Å². The summed E-state index contributed by atoms with van der Waals surface area (Å²) >= 11 is 0. The van der Waals surface area contributed by atoms with Gasteiger partial charge in [0.1, 0.15) is 17.8 Å². The van der Waals surface area contributed by atoms with Gasteiger partial charge in [0.05, 0.1) is 6.20 Å². The van der Waals surface area contributed by atoms with Gasteiger partial charge in [0.2, 0.25) is 5.75 Å². The molecule has 1 fully saturated rings. The third-order valence-corrected chi connectivity index (χ3v) is 5.36. The van der Waals surface area contributed by atoms with Gasteiger partial charge in [-0.1, -0.05) is 5.16 Å². The first-order chi connectivity index (χ1) is 14.8. The molecule has 0 unspecified atom stereocenters. The average molecular weight is 424 g/mol. The van der Waals surface area contributed by atoms with Crippen molar-refractivity contribution in [2.24, 2.45) is 7.05 Å². The van der Waals surface area contributed by atoms with E-state index in [0.29, 0.717) is 11.3 Å². The van der Waals surface area contributed by atoms with E-state index in [1.54, 1.807) is 0 Å². The Morgan fingerprint density at radius 1 is 1.16 bits per heavy atom. The van der Waals surface area contributed by atoms with Crippen LogP contribution in [0.3, 0.4) is 0 Å². The molecule has 1 aromatic carbocycles. The van der Waals surface area contributed by atoms with E-state index in [9.17, 15) is 14.7 Å². The number of carbonyl (C=O) groups excluding carboxylic acids is 1. The molecule has 0 radical (unpaired) electrons. The molecule has 31 heavy (non-hydrogen) atoms. The lowest BCUT2D eigenvalue weighted by molar-refractivity contribution is 0.101. The van der Waals surface area contributed by atoms with E-state index in [0.717, 1.165) is 37.4 Å². The van der Waals surface area contributed by atoms with Crippen molar-refractivity contribution in [1.29, 1.82) is 0 Å². The van der Waals surface area contributed by atoms with Gasteiger partial charge in [-0.2, -0.15) is 0 Å². The fourth-order valence-corrected chi connectivity index (χ4v) is 3.60. The van der Waals surface area contributed by atoms with Crippen molar-refractivity contribution in [3.63, 3.8) is 0 Å². The molecule has 1 amide bonds. The number of carbonyl (C=O) groups is 1. The number of nitrogens with zero attached hydrogens (tertiary/aromatic N) is 5. The highest BCUT2D eigenvalue weighted by Gasteiger charge is 2.22. The number of likely N-dealkylation sites (N-methyl/N-ethyl adjacent to an activating group) is 1. The first kappa shape index (κ1) is 20.6. The molecule has 0 aliphatic carbocycles. The van der Waals surface area contributed by atoms with Crippen molar-refractivity contribution in [2.45, 2.75) is 6.92 Å². The summed E-state index contributed by atoms with van der Waals surface area (Å²) in [4.78, 5) is 34.2. The fourth-order valence-electron chi connectivity index (χ4n) is 3.60. The SMILES string of the molecule is Cc1cc(-c2nc(C(=O)Nc3cnoc3)c(O)c(=O)n2C)cc(N2CCN(C)CC2)c1. The van der Waals surface area contributed by atoms with Crippen LogP contribution >= 0.6 is 0 Å². The second-order valence-electron chi connectivity index (χ2n) is 7.71. The van der Waals surface area contributed by atoms with Gasteiger partial charge in [-0.3, -0.25) is 14.2 Å². The predicted octanol–water partition coefficient (Wildman–Crippen LogP) is 1.45. The summed E-state index contributed by atoms with van der Waals surface area (Å²) in [5, 5.41) is 16.3. The molecule has 2 aromatic heterocycles. The van der Waals surface area contributed by atoms with Gasteiger partial charge in [0.15, 0.2) is 5.69 Å². The van der Waals surface area contributed by atoms with Gasteiger partial charge in [0.25, 0.3) is 11.5 Å². The van der Waals surface area contributed by atoms with Crippen LogP contribution in [0.2, 0.25) is 0 Å². The van der Waals surface area contributed by atoms with Gasteiger partial charge < -0.3 is 24.7 Å². The number of benzene rings is 1. The van der Waals surface area contributed by atoms with E-state index in [1.807, 2.05) is 19.1 Å². The van der Waals surface area contributed by atoms with Crippen LogP contribution in [0.15, 0.2) is 40.0 Å². The number of hydrogen-bond acceptors (Lipinski definition) is 8. The maximum Gasteiger partial charge on any atom is 0.296 e. The quantitative estimate of drug-likeness (QED) is 0.646. The number of piperazine rings is 1. The molecule has 0 spiro atoms. The first-order valence-corrected chi connectivity index (χ1v) is 9.90. The van der Waals surface area contributed by atoms with E-state index < -0.39 is 17.2 Å². The smallest absolute Gasteiger partial charge is 0.296 e. The molecular formula is C21H24N6O4. The van der Waals surface area contributed by atoms with Crippen molar-refractivity contribution in [3.8, 4) is 17.1 Å². The number of hydrogen-bond donors (Lipinski definition) is 2. The van der Waals surface area contributed by atoms with Gasteiger partial charge in [-0.05, 0) is 37.7 Å². The number of rotatable bonds is 4. The second-order valence-corrected chi connectivity index (χ2v) is 7.71. The zero-order chi connectivity index (χ0) is 22.1. The maximum atomic E-state index is 12.6. The van der Waals surface area contributed by atoms with Crippen LogP contribution in [-0.4, -0.2) is 63.8 Å². The third kappa shape index (κ3) is 4.15. The minimum Gasteiger partial charge on any atom is -0.501 e. The Balaban J connectivity index is 1.75. The molecule has 10 heteroatoms. The Morgan fingerprint density at radius 3 is 2.58 bits per heavy atom.